The number of rotatable bonds is 8. The van der Waals surface area contributed by atoms with Crippen LogP contribution in [-0.2, 0) is 6.42 Å². The maximum Gasteiger partial charge on any atom is 0.163 e. The van der Waals surface area contributed by atoms with Gasteiger partial charge in [-0.25, -0.2) is 0 Å². The second-order valence-electron chi connectivity index (χ2n) is 6.80. The Kier molecular flexibility index (Phi) is 6.38. The molecule has 1 nitrogen and oxygen atoms in total. The molecule has 0 unspecified atom stereocenters. The van der Waals surface area contributed by atoms with Gasteiger partial charge in [0.2, 0.25) is 0 Å². The van der Waals surface area contributed by atoms with Crippen molar-refractivity contribution in [3.05, 3.63) is 107 Å². The molecule has 0 N–H and O–H groups in total. The fraction of sp³-hybridized carbons (Fsp3) is 0.240. The molecule has 0 radical (unpaired) electrons. The standard InChI is InChI=1S/C25H26O/c1-2-3-10-20-15-17-22(18-16-20)24(21-11-6-4-7-12-21)19-25(26)23-13-8-5-9-14-23/h4-9,11-18,24H,2-3,10,19H2,1H3/t24-/m1/s1. The summed E-state index contributed by atoms with van der Waals surface area (Å²) in [7, 11) is 0. The highest BCUT2D eigenvalue weighted by Gasteiger charge is 2.19. The van der Waals surface area contributed by atoms with Crippen LogP contribution in [0.15, 0.2) is 84.9 Å². The van der Waals surface area contributed by atoms with Crippen LogP contribution < -0.4 is 0 Å². The van der Waals surface area contributed by atoms with Crippen molar-refractivity contribution in [2.45, 2.75) is 38.5 Å². The van der Waals surface area contributed by atoms with Crippen LogP contribution in [0.2, 0.25) is 0 Å². The molecule has 3 aromatic carbocycles. The lowest BCUT2D eigenvalue weighted by Gasteiger charge is -2.18. The summed E-state index contributed by atoms with van der Waals surface area (Å²) in [5.41, 5.74) is 4.56. The predicted molar refractivity (Wildman–Crippen MR) is 109 cm³/mol. The zero-order valence-corrected chi connectivity index (χ0v) is 15.4. The minimum absolute atomic E-state index is 0.0872. The van der Waals surface area contributed by atoms with Gasteiger partial charge in [-0.15, -0.1) is 0 Å². The van der Waals surface area contributed by atoms with Gasteiger partial charge in [0, 0.05) is 17.9 Å². The third-order valence-corrected chi connectivity index (χ3v) is 4.89. The minimum Gasteiger partial charge on any atom is -0.294 e. The number of Topliss-reactive ketones (excluding diaryl/α,β-unsaturated/α-hetero) is 1. The van der Waals surface area contributed by atoms with E-state index in [1.165, 1.54) is 29.5 Å². The molecule has 0 aliphatic heterocycles. The van der Waals surface area contributed by atoms with Crippen LogP contribution in [0.5, 0.6) is 0 Å². The molecule has 1 atom stereocenters. The zero-order valence-electron chi connectivity index (χ0n) is 15.4. The van der Waals surface area contributed by atoms with E-state index >= 15 is 0 Å². The van der Waals surface area contributed by atoms with Gasteiger partial charge in [-0.05, 0) is 29.5 Å². The fourth-order valence-electron chi connectivity index (χ4n) is 3.34. The summed E-state index contributed by atoms with van der Waals surface area (Å²) in [5.74, 6) is 0.277. The average Bonchev–Trinajstić information content (AvgIpc) is 2.72. The number of carbonyl (C=O) groups excluding carboxylic acids is 1. The maximum absolute atomic E-state index is 12.8. The molecule has 3 aromatic rings. The van der Waals surface area contributed by atoms with Gasteiger partial charge in [0.25, 0.3) is 0 Å². The number of carbonyl (C=O) groups is 1. The summed E-state index contributed by atoms with van der Waals surface area (Å²) < 4.78 is 0. The van der Waals surface area contributed by atoms with Crippen molar-refractivity contribution in [1.29, 1.82) is 0 Å². The quantitative estimate of drug-likeness (QED) is 0.431. The summed E-state index contributed by atoms with van der Waals surface area (Å²) >= 11 is 0. The summed E-state index contributed by atoms with van der Waals surface area (Å²) in [6, 6.07) is 28.8. The van der Waals surface area contributed by atoms with E-state index in [1.807, 2.05) is 48.5 Å². The molecular weight excluding hydrogens is 316 g/mol. The molecule has 132 valence electrons. The van der Waals surface area contributed by atoms with Gasteiger partial charge in [-0.2, -0.15) is 0 Å². The monoisotopic (exact) mass is 342 g/mol. The van der Waals surface area contributed by atoms with Gasteiger partial charge in [0.15, 0.2) is 5.78 Å². The lowest BCUT2D eigenvalue weighted by Crippen LogP contribution is -2.09. The molecule has 0 amide bonds. The first-order valence-electron chi connectivity index (χ1n) is 9.50. The molecule has 0 aliphatic rings. The highest BCUT2D eigenvalue weighted by Crippen LogP contribution is 2.30. The Labute approximate surface area is 156 Å². The van der Waals surface area contributed by atoms with Crippen LogP contribution >= 0.6 is 0 Å². The first kappa shape index (κ1) is 18.1. The number of aryl methyl sites for hydroxylation is 1. The van der Waals surface area contributed by atoms with Crippen LogP contribution in [0.1, 0.15) is 59.2 Å². The van der Waals surface area contributed by atoms with Gasteiger partial charge in [-0.1, -0.05) is 98.3 Å². The van der Waals surface area contributed by atoms with Crippen molar-refractivity contribution in [3.8, 4) is 0 Å². The predicted octanol–water partition coefficient (Wildman–Crippen LogP) is 6.43. The second-order valence-corrected chi connectivity index (χ2v) is 6.80. The van der Waals surface area contributed by atoms with E-state index in [0.717, 1.165) is 12.0 Å². The molecule has 0 heterocycles. The summed E-state index contributed by atoms with van der Waals surface area (Å²) in [4.78, 5) is 12.8. The summed E-state index contributed by atoms with van der Waals surface area (Å²) in [6.07, 6.45) is 4.03. The highest BCUT2D eigenvalue weighted by molar-refractivity contribution is 5.96. The van der Waals surface area contributed by atoms with E-state index in [-0.39, 0.29) is 11.7 Å². The van der Waals surface area contributed by atoms with Crippen molar-refractivity contribution >= 4 is 5.78 Å². The molecule has 26 heavy (non-hydrogen) atoms. The number of unbranched alkanes of at least 4 members (excludes halogenated alkanes) is 1. The first-order valence-corrected chi connectivity index (χ1v) is 9.50. The molecule has 0 spiro atoms. The van der Waals surface area contributed by atoms with E-state index in [0.29, 0.717) is 6.42 Å². The molecule has 0 aliphatic carbocycles. The van der Waals surface area contributed by atoms with Gasteiger partial charge in [0.05, 0.1) is 0 Å². The Morgan fingerprint density at radius 1 is 0.769 bits per heavy atom. The van der Waals surface area contributed by atoms with Gasteiger partial charge < -0.3 is 0 Å². The third-order valence-electron chi connectivity index (χ3n) is 4.89. The summed E-state index contributed by atoms with van der Waals surface area (Å²) in [5, 5.41) is 0. The smallest absolute Gasteiger partial charge is 0.163 e. The molecule has 0 saturated heterocycles. The Balaban J connectivity index is 1.85. The molecular formula is C25H26O. The van der Waals surface area contributed by atoms with Crippen LogP contribution in [0.4, 0.5) is 0 Å². The minimum atomic E-state index is 0.0872. The van der Waals surface area contributed by atoms with Crippen LogP contribution in [-0.4, -0.2) is 5.78 Å². The SMILES string of the molecule is CCCCc1ccc([C@H](CC(=O)c2ccccc2)c2ccccc2)cc1. The third kappa shape index (κ3) is 4.70. The van der Waals surface area contributed by atoms with E-state index in [1.54, 1.807) is 0 Å². The first-order chi connectivity index (χ1) is 12.8. The Morgan fingerprint density at radius 3 is 1.96 bits per heavy atom. The van der Waals surface area contributed by atoms with E-state index in [9.17, 15) is 4.79 Å². The van der Waals surface area contributed by atoms with Crippen molar-refractivity contribution in [1.82, 2.24) is 0 Å². The number of ketones is 1. The Morgan fingerprint density at radius 2 is 1.35 bits per heavy atom. The van der Waals surface area contributed by atoms with Crippen molar-refractivity contribution in [3.63, 3.8) is 0 Å². The Hall–Kier alpha value is -2.67. The highest BCUT2D eigenvalue weighted by atomic mass is 16.1. The molecule has 3 rings (SSSR count). The van der Waals surface area contributed by atoms with E-state index in [4.69, 9.17) is 0 Å². The normalized spacial score (nSPS) is 11.9. The topological polar surface area (TPSA) is 17.1 Å². The fourth-order valence-corrected chi connectivity index (χ4v) is 3.34. The lowest BCUT2D eigenvalue weighted by atomic mass is 9.85. The Bertz CT molecular complexity index is 804. The van der Waals surface area contributed by atoms with Crippen molar-refractivity contribution in [2.75, 3.05) is 0 Å². The van der Waals surface area contributed by atoms with E-state index in [2.05, 4.69) is 43.3 Å². The van der Waals surface area contributed by atoms with E-state index < -0.39 is 0 Å². The lowest BCUT2D eigenvalue weighted by molar-refractivity contribution is 0.0977. The molecule has 1 heteroatoms. The largest absolute Gasteiger partial charge is 0.294 e. The average molecular weight is 342 g/mol. The van der Waals surface area contributed by atoms with Gasteiger partial charge in [-0.3, -0.25) is 4.79 Å². The van der Waals surface area contributed by atoms with Crippen LogP contribution in [0.3, 0.4) is 0 Å². The van der Waals surface area contributed by atoms with Gasteiger partial charge in [0.1, 0.15) is 0 Å². The molecule has 0 aromatic heterocycles. The number of benzene rings is 3. The van der Waals surface area contributed by atoms with Gasteiger partial charge >= 0.3 is 0 Å². The molecule has 0 bridgehead atoms. The maximum atomic E-state index is 12.8. The summed E-state index contributed by atoms with van der Waals surface area (Å²) in [6.45, 7) is 2.22. The molecule has 0 saturated carbocycles. The van der Waals surface area contributed by atoms with Crippen molar-refractivity contribution < 1.29 is 4.79 Å². The molecule has 0 fully saturated rings. The zero-order chi connectivity index (χ0) is 18.2. The number of hydrogen-bond acceptors (Lipinski definition) is 1. The van der Waals surface area contributed by atoms with Crippen LogP contribution in [0.25, 0.3) is 0 Å². The number of hydrogen-bond donors (Lipinski definition) is 0. The van der Waals surface area contributed by atoms with Crippen molar-refractivity contribution in [2.24, 2.45) is 0 Å². The second kappa shape index (κ2) is 9.15. The van der Waals surface area contributed by atoms with Crippen LogP contribution in [0, 0.1) is 0 Å².